The van der Waals surface area contributed by atoms with Crippen molar-refractivity contribution in [3.05, 3.63) is 24.3 Å². The number of carbonyl (C=O) groups is 3. The number of ether oxygens (including phenoxy) is 3. The summed E-state index contributed by atoms with van der Waals surface area (Å²) in [5, 5.41) is 0. The molecule has 0 spiro atoms. The van der Waals surface area contributed by atoms with Crippen molar-refractivity contribution in [3.63, 3.8) is 0 Å². The van der Waals surface area contributed by atoms with Crippen molar-refractivity contribution in [1.82, 2.24) is 0 Å². The zero-order valence-electron chi connectivity index (χ0n) is 40.9. The lowest BCUT2D eigenvalue weighted by molar-refractivity contribution is -0.167. The SMILES string of the molecule is CCCCCC/C=C/CCCCCCCCCC(=O)OC(COC(=O)CCCCCCC/C=C/CCCCCCCC)COC(=O)CCCCCCCCCCCCCCC. The van der Waals surface area contributed by atoms with E-state index in [0.29, 0.717) is 19.3 Å². The second kappa shape index (κ2) is 50.5. The summed E-state index contributed by atoms with van der Waals surface area (Å²) in [5.74, 6) is -0.870. The van der Waals surface area contributed by atoms with Crippen LogP contribution in [0.25, 0.3) is 0 Å². The van der Waals surface area contributed by atoms with Crippen LogP contribution in [0, 0.1) is 0 Å². The van der Waals surface area contributed by atoms with Crippen molar-refractivity contribution in [3.8, 4) is 0 Å². The first kappa shape index (κ1) is 58.9. The summed E-state index contributed by atoms with van der Waals surface area (Å²) in [5.41, 5.74) is 0. The van der Waals surface area contributed by atoms with Crippen LogP contribution in [0.3, 0.4) is 0 Å². The van der Waals surface area contributed by atoms with E-state index in [1.54, 1.807) is 0 Å². The van der Waals surface area contributed by atoms with Crippen molar-refractivity contribution < 1.29 is 28.6 Å². The minimum absolute atomic E-state index is 0.0717. The van der Waals surface area contributed by atoms with Crippen LogP contribution in [0.2, 0.25) is 0 Å². The van der Waals surface area contributed by atoms with Crippen molar-refractivity contribution in [1.29, 1.82) is 0 Å². The molecule has 0 fully saturated rings. The Labute approximate surface area is 379 Å². The standard InChI is InChI=1S/C55H102O6/c1-4-7-10-13-16-19-22-25-27-30-33-36-39-42-45-48-54(57)60-51-52(50-59-53(56)47-44-41-38-35-32-29-24-21-18-15-12-9-6-3)61-55(58)49-46-43-40-37-34-31-28-26-23-20-17-14-11-8-5-2/h20,23,25,27,52H,4-19,21-22,24,26,28-51H2,1-3H3/b23-20+,27-25+. The molecule has 1 unspecified atom stereocenters. The van der Waals surface area contributed by atoms with Crippen LogP contribution in [0.1, 0.15) is 290 Å². The normalized spacial score (nSPS) is 12.1. The molecule has 0 saturated heterocycles. The van der Waals surface area contributed by atoms with Gasteiger partial charge in [0.05, 0.1) is 0 Å². The van der Waals surface area contributed by atoms with E-state index in [1.807, 2.05) is 0 Å². The van der Waals surface area contributed by atoms with Crippen LogP contribution in [0.4, 0.5) is 0 Å². The van der Waals surface area contributed by atoms with Crippen LogP contribution < -0.4 is 0 Å². The second-order valence-electron chi connectivity index (χ2n) is 18.1. The third-order valence-corrected chi connectivity index (χ3v) is 11.9. The van der Waals surface area contributed by atoms with Crippen molar-refractivity contribution in [2.45, 2.75) is 297 Å². The molecular formula is C55H102O6. The molecule has 0 aromatic heterocycles. The average Bonchev–Trinajstić information content (AvgIpc) is 3.26. The van der Waals surface area contributed by atoms with Crippen LogP contribution in [0.5, 0.6) is 0 Å². The molecule has 0 aliphatic carbocycles. The highest BCUT2D eigenvalue weighted by Crippen LogP contribution is 2.16. The fourth-order valence-electron chi connectivity index (χ4n) is 7.84. The molecule has 61 heavy (non-hydrogen) atoms. The molecule has 0 aliphatic rings. The van der Waals surface area contributed by atoms with E-state index in [2.05, 4.69) is 45.1 Å². The van der Waals surface area contributed by atoms with Gasteiger partial charge >= 0.3 is 17.9 Å². The fourth-order valence-corrected chi connectivity index (χ4v) is 7.84. The van der Waals surface area contributed by atoms with Gasteiger partial charge in [-0.15, -0.1) is 0 Å². The number of hydrogen-bond acceptors (Lipinski definition) is 6. The number of hydrogen-bond donors (Lipinski definition) is 0. The van der Waals surface area contributed by atoms with E-state index in [1.165, 1.54) is 186 Å². The van der Waals surface area contributed by atoms with Gasteiger partial charge in [-0.3, -0.25) is 14.4 Å². The van der Waals surface area contributed by atoms with Gasteiger partial charge in [-0.25, -0.2) is 0 Å². The summed E-state index contributed by atoms with van der Waals surface area (Å²) >= 11 is 0. The molecule has 0 saturated carbocycles. The summed E-state index contributed by atoms with van der Waals surface area (Å²) in [6.45, 7) is 6.64. The minimum atomic E-state index is -0.772. The molecule has 0 aromatic rings. The van der Waals surface area contributed by atoms with Crippen molar-refractivity contribution >= 4 is 17.9 Å². The third-order valence-electron chi connectivity index (χ3n) is 11.9. The summed E-state index contributed by atoms with van der Waals surface area (Å²) in [6, 6.07) is 0. The Bertz CT molecular complexity index is 989. The Morgan fingerprint density at radius 1 is 0.311 bits per heavy atom. The molecule has 0 aliphatic heterocycles. The average molecular weight is 859 g/mol. The lowest BCUT2D eigenvalue weighted by atomic mass is 10.0. The third kappa shape index (κ3) is 48.8. The first-order chi connectivity index (χ1) is 30.0. The summed E-state index contributed by atoms with van der Waals surface area (Å²) in [7, 11) is 0. The Morgan fingerprint density at radius 2 is 0.541 bits per heavy atom. The molecule has 6 nitrogen and oxygen atoms in total. The van der Waals surface area contributed by atoms with E-state index in [0.717, 1.165) is 64.2 Å². The predicted molar refractivity (Wildman–Crippen MR) is 261 cm³/mol. The number of rotatable bonds is 49. The summed E-state index contributed by atoms with van der Waals surface area (Å²) < 4.78 is 16.8. The second-order valence-corrected chi connectivity index (χ2v) is 18.1. The molecule has 0 heterocycles. The number of esters is 3. The predicted octanol–water partition coefficient (Wildman–Crippen LogP) is 17.5. The first-order valence-corrected chi connectivity index (χ1v) is 26.8. The van der Waals surface area contributed by atoms with E-state index >= 15 is 0 Å². The van der Waals surface area contributed by atoms with Crippen LogP contribution in [-0.4, -0.2) is 37.2 Å². The summed E-state index contributed by atoms with van der Waals surface area (Å²) in [6.07, 6.45) is 57.3. The smallest absolute Gasteiger partial charge is 0.306 e. The number of unbranched alkanes of at least 4 members (excludes halogenated alkanes) is 34. The maximum atomic E-state index is 12.8. The van der Waals surface area contributed by atoms with Crippen LogP contribution in [0.15, 0.2) is 24.3 Å². The molecule has 0 aromatic carbocycles. The van der Waals surface area contributed by atoms with Gasteiger partial charge < -0.3 is 14.2 Å². The maximum absolute atomic E-state index is 12.8. The lowest BCUT2D eigenvalue weighted by Crippen LogP contribution is -2.30. The molecule has 0 bridgehead atoms. The monoisotopic (exact) mass is 859 g/mol. The molecule has 0 amide bonds. The van der Waals surface area contributed by atoms with E-state index in [-0.39, 0.29) is 31.1 Å². The summed E-state index contributed by atoms with van der Waals surface area (Å²) in [4.78, 5) is 38.0. The van der Waals surface area contributed by atoms with Crippen LogP contribution >= 0.6 is 0 Å². The maximum Gasteiger partial charge on any atom is 0.306 e. The van der Waals surface area contributed by atoms with Crippen molar-refractivity contribution in [2.24, 2.45) is 0 Å². The fraction of sp³-hybridized carbons (Fsp3) is 0.873. The molecule has 0 rings (SSSR count). The van der Waals surface area contributed by atoms with Gasteiger partial charge in [0.15, 0.2) is 6.10 Å². The highest BCUT2D eigenvalue weighted by Gasteiger charge is 2.19. The van der Waals surface area contributed by atoms with E-state index in [4.69, 9.17) is 14.2 Å². The zero-order chi connectivity index (χ0) is 44.4. The Balaban J connectivity index is 4.36. The topological polar surface area (TPSA) is 78.9 Å². The molecule has 1 atom stereocenters. The lowest BCUT2D eigenvalue weighted by Gasteiger charge is -2.18. The minimum Gasteiger partial charge on any atom is -0.462 e. The zero-order valence-corrected chi connectivity index (χ0v) is 40.9. The van der Waals surface area contributed by atoms with Gasteiger partial charge in [0.25, 0.3) is 0 Å². The van der Waals surface area contributed by atoms with Gasteiger partial charge in [0.1, 0.15) is 13.2 Å². The Hall–Kier alpha value is -2.11. The van der Waals surface area contributed by atoms with E-state index in [9.17, 15) is 14.4 Å². The van der Waals surface area contributed by atoms with Crippen LogP contribution in [-0.2, 0) is 28.6 Å². The Morgan fingerprint density at radius 3 is 0.836 bits per heavy atom. The van der Waals surface area contributed by atoms with Gasteiger partial charge in [0, 0.05) is 19.3 Å². The van der Waals surface area contributed by atoms with Gasteiger partial charge in [0.2, 0.25) is 0 Å². The molecule has 0 radical (unpaired) electrons. The largest absolute Gasteiger partial charge is 0.462 e. The van der Waals surface area contributed by atoms with Crippen molar-refractivity contribution in [2.75, 3.05) is 13.2 Å². The van der Waals surface area contributed by atoms with Gasteiger partial charge in [-0.1, -0.05) is 225 Å². The molecule has 358 valence electrons. The highest BCUT2D eigenvalue weighted by atomic mass is 16.6. The van der Waals surface area contributed by atoms with Gasteiger partial charge in [-0.05, 0) is 70.6 Å². The quantitative estimate of drug-likeness (QED) is 0.0262. The first-order valence-electron chi connectivity index (χ1n) is 26.8. The molecular weight excluding hydrogens is 757 g/mol. The highest BCUT2D eigenvalue weighted by molar-refractivity contribution is 5.71. The van der Waals surface area contributed by atoms with E-state index < -0.39 is 6.10 Å². The molecule has 0 N–H and O–H groups in total. The molecule has 6 heteroatoms. The number of carbonyl (C=O) groups excluding carboxylic acids is 3. The Kier molecular flexibility index (Phi) is 48.8. The number of allylic oxidation sites excluding steroid dienone is 4. The van der Waals surface area contributed by atoms with Gasteiger partial charge in [-0.2, -0.15) is 0 Å².